The lowest BCUT2D eigenvalue weighted by Crippen LogP contribution is -2.13. The standard InChI is InChI=1S/C26H21N3O/c1-18-24-16-28-17-29(24)23(26(18)21-6-3-2-4-7-21)14-25(30)20-11-9-19(10-12-20)22-8-5-13-27-15-22/h2-13,15-17,23H,14H2,1H3. The first-order chi connectivity index (χ1) is 14.7. The summed E-state index contributed by atoms with van der Waals surface area (Å²) in [5, 5.41) is 0. The maximum absolute atomic E-state index is 13.2. The first-order valence-corrected chi connectivity index (χ1v) is 10.0. The monoisotopic (exact) mass is 391 g/mol. The van der Waals surface area contributed by atoms with Crippen molar-refractivity contribution in [2.75, 3.05) is 0 Å². The Balaban J connectivity index is 1.44. The number of aromatic nitrogens is 3. The highest BCUT2D eigenvalue weighted by Gasteiger charge is 2.31. The zero-order valence-corrected chi connectivity index (χ0v) is 16.7. The van der Waals surface area contributed by atoms with Gasteiger partial charge in [-0.15, -0.1) is 0 Å². The molecular weight excluding hydrogens is 370 g/mol. The SMILES string of the molecule is CC1=C(c2ccccc2)C(CC(=O)c2ccc(-c3cccnc3)cc2)n2cncc21. The predicted molar refractivity (Wildman–Crippen MR) is 119 cm³/mol. The predicted octanol–water partition coefficient (Wildman–Crippen LogP) is 5.70. The number of pyridine rings is 1. The van der Waals surface area contributed by atoms with Gasteiger partial charge in [-0.25, -0.2) is 4.98 Å². The number of imidazole rings is 1. The summed E-state index contributed by atoms with van der Waals surface area (Å²) in [6.45, 7) is 2.11. The Labute approximate surface area is 175 Å². The largest absolute Gasteiger partial charge is 0.323 e. The number of hydrogen-bond acceptors (Lipinski definition) is 3. The zero-order valence-electron chi connectivity index (χ0n) is 16.7. The van der Waals surface area contributed by atoms with Crippen molar-refractivity contribution in [1.82, 2.24) is 14.5 Å². The van der Waals surface area contributed by atoms with Gasteiger partial charge < -0.3 is 4.57 Å². The molecule has 3 heterocycles. The minimum absolute atomic E-state index is 0.0459. The Morgan fingerprint density at radius 1 is 0.867 bits per heavy atom. The Morgan fingerprint density at radius 3 is 2.37 bits per heavy atom. The molecule has 4 nitrogen and oxygen atoms in total. The van der Waals surface area contributed by atoms with Crippen LogP contribution >= 0.6 is 0 Å². The molecule has 1 aliphatic heterocycles. The van der Waals surface area contributed by atoms with Gasteiger partial charge in [0.1, 0.15) is 0 Å². The summed E-state index contributed by atoms with van der Waals surface area (Å²) in [5.74, 6) is 0.125. The lowest BCUT2D eigenvalue weighted by atomic mass is 9.91. The van der Waals surface area contributed by atoms with Crippen molar-refractivity contribution in [2.45, 2.75) is 19.4 Å². The summed E-state index contributed by atoms with van der Waals surface area (Å²) < 4.78 is 2.12. The van der Waals surface area contributed by atoms with Gasteiger partial charge in [-0.3, -0.25) is 9.78 Å². The zero-order chi connectivity index (χ0) is 20.5. The van der Waals surface area contributed by atoms with Crippen LogP contribution in [0.25, 0.3) is 22.3 Å². The van der Waals surface area contributed by atoms with E-state index < -0.39 is 0 Å². The Kier molecular flexibility index (Phi) is 4.60. The molecule has 4 aromatic rings. The molecule has 0 bridgehead atoms. The summed E-state index contributed by atoms with van der Waals surface area (Å²) in [6, 6.07) is 22.0. The van der Waals surface area contributed by atoms with Crippen LogP contribution in [0.2, 0.25) is 0 Å². The van der Waals surface area contributed by atoms with E-state index in [0.717, 1.165) is 27.9 Å². The second-order valence-corrected chi connectivity index (χ2v) is 7.55. The molecule has 0 N–H and O–H groups in total. The van der Waals surface area contributed by atoms with Crippen molar-refractivity contribution in [3.8, 4) is 11.1 Å². The quantitative estimate of drug-likeness (QED) is 0.410. The molecule has 30 heavy (non-hydrogen) atoms. The molecule has 2 aromatic carbocycles. The van der Waals surface area contributed by atoms with E-state index in [0.29, 0.717) is 6.42 Å². The molecule has 146 valence electrons. The van der Waals surface area contributed by atoms with Crippen LogP contribution < -0.4 is 0 Å². The molecule has 0 aliphatic carbocycles. The van der Waals surface area contributed by atoms with E-state index in [4.69, 9.17) is 0 Å². The lowest BCUT2D eigenvalue weighted by Gasteiger charge is -2.18. The van der Waals surface area contributed by atoms with Gasteiger partial charge >= 0.3 is 0 Å². The Morgan fingerprint density at radius 2 is 1.63 bits per heavy atom. The summed E-state index contributed by atoms with van der Waals surface area (Å²) in [5.41, 5.74) is 7.44. The van der Waals surface area contributed by atoms with Gasteiger partial charge in [0.05, 0.1) is 24.3 Å². The summed E-state index contributed by atoms with van der Waals surface area (Å²) in [7, 11) is 0. The van der Waals surface area contributed by atoms with Crippen LogP contribution in [0.4, 0.5) is 0 Å². The number of Topliss-reactive ketones (excluding diaryl/α,β-unsaturated/α-hetero) is 1. The summed E-state index contributed by atoms with van der Waals surface area (Å²) in [4.78, 5) is 21.7. The van der Waals surface area contributed by atoms with Gasteiger partial charge in [-0.2, -0.15) is 0 Å². The van der Waals surface area contributed by atoms with E-state index in [2.05, 4.69) is 33.6 Å². The van der Waals surface area contributed by atoms with Crippen LogP contribution in [-0.4, -0.2) is 20.3 Å². The number of ketones is 1. The van der Waals surface area contributed by atoms with E-state index in [9.17, 15) is 4.79 Å². The van der Waals surface area contributed by atoms with Gasteiger partial charge in [0.2, 0.25) is 0 Å². The molecule has 0 saturated heterocycles. The fourth-order valence-corrected chi connectivity index (χ4v) is 4.27. The fraction of sp³-hybridized carbons (Fsp3) is 0.115. The van der Waals surface area contributed by atoms with Crippen LogP contribution in [0.5, 0.6) is 0 Å². The molecular formula is C26H21N3O. The number of benzene rings is 2. The Hall–Kier alpha value is -3.79. The van der Waals surface area contributed by atoms with Crippen molar-refractivity contribution in [1.29, 1.82) is 0 Å². The normalized spacial score (nSPS) is 15.3. The first kappa shape index (κ1) is 18.3. The highest BCUT2D eigenvalue weighted by Crippen LogP contribution is 2.44. The second-order valence-electron chi connectivity index (χ2n) is 7.55. The molecule has 5 rings (SSSR count). The second kappa shape index (κ2) is 7.56. The molecule has 4 heteroatoms. The highest BCUT2D eigenvalue weighted by molar-refractivity contribution is 6.01. The van der Waals surface area contributed by atoms with E-state index in [-0.39, 0.29) is 11.8 Å². The van der Waals surface area contributed by atoms with E-state index in [1.54, 1.807) is 6.20 Å². The molecule has 1 aliphatic rings. The van der Waals surface area contributed by atoms with Crippen LogP contribution in [0, 0.1) is 0 Å². The molecule has 0 amide bonds. The van der Waals surface area contributed by atoms with E-state index in [1.807, 2.05) is 73.3 Å². The molecule has 2 aromatic heterocycles. The Bertz CT molecular complexity index is 1220. The minimum atomic E-state index is -0.0459. The first-order valence-electron chi connectivity index (χ1n) is 10.0. The minimum Gasteiger partial charge on any atom is -0.323 e. The van der Waals surface area contributed by atoms with E-state index in [1.165, 1.54) is 11.1 Å². The van der Waals surface area contributed by atoms with Crippen molar-refractivity contribution < 1.29 is 4.79 Å². The highest BCUT2D eigenvalue weighted by atomic mass is 16.1. The maximum atomic E-state index is 13.2. The number of carbonyl (C=O) groups excluding carboxylic acids is 1. The number of hydrogen-bond donors (Lipinski definition) is 0. The van der Waals surface area contributed by atoms with Crippen LogP contribution in [0.15, 0.2) is 91.6 Å². The van der Waals surface area contributed by atoms with Gasteiger partial charge in [0.15, 0.2) is 5.78 Å². The summed E-state index contributed by atoms with van der Waals surface area (Å²) >= 11 is 0. The van der Waals surface area contributed by atoms with Crippen LogP contribution in [0.3, 0.4) is 0 Å². The molecule has 0 fully saturated rings. The van der Waals surface area contributed by atoms with Crippen molar-refractivity contribution in [3.05, 3.63) is 108 Å². The summed E-state index contributed by atoms with van der Waals surface area (Å²) in [6.07, 6.45) is 7.70. The topological polar surface area (TPSA) is 47.8 Å². The number of fused-ring (bicyclic) bond motifs is 1. The van der Waals surface area contributed by atoms with Crippen LogP contribution in [0.1, 0.15) is 41.0 Å². The lowest BCUT2D eigenvalue weighted by molar-refractivity contribution is 0.0972. The van der Waals surface area contributed by atoms with Gasteiger partial charge in [0, 0.05) is 24.4 Å². The molecule has 0 saturated carbocycles. The smallest absolute Gasteiger partial charge is 0.165 e. The fourth-order valence-electron chi connectivity index (χ4n) is 4.27. The maximum Gasteiger partial charge on any atom is 0.165 e. The molecule has 1 unspecified atom stereocenters. The average molecular weight is 391 g/mol. The number of allylic oxidation sites excluding steroid dienone is 2. The van der Waals surface area contributed by atoms with Crippen molar-refractivity contribution >= 4 is 16.9 Å². The third-order valence-corrected chi connectivity index (χ3v) is 5.79. The van der Waals surface area contributed by atoms with Crippen LogP contribution in [-0.2, 0) is 0 Å². The van der Waals surface area contributed by atoms with E-state index >= 15 is 0 Å². The molecule has 0 radical (unpaired) electrons. The number of carbonyl (C=O) groups is 1. The molecule has 0 spiro atoms. The number of nitrogens with zero attached hydrogens (tertiary/aromatic N) is 3. The van der Waals surface area contributed by atoms with Gasteiger partial charge in [-0.1, -0.05) is 60.7 Å². The average Bonchev–Trinajstić information content (AvgIpc) is 3.38. The van der Waals surface area contributed by atoms with Crippen molar-refractivity contribution in [2.24, 2.45) is 0 Å². The van der Waals surface area contributed by atoms with Gasteiger partial charge in [-0.05, 0) is 40.8 Å². The number of rotatable bonds is 5. The van der Waals surface area contributed by atoms with Gasteiger partial charge in [0.25, 0.3) is 0 Å². The third kappa shape index (κ3) is 3.16. The molecule has 1 atom stereocenters. The van der Waals surface area contributed by atoms with Crippen molar-refractivity contribution in [3.63, 3.8) is 0 Å². The third-order valence-electron chi connectivity index (χ3n) is 5.79.